The molecule has 0 aliphatic heterocycles. The van der Waals surface area contributed by atoms with Crippen LogP contribution in [0.5, 0.6) is 0 Å². The Morgan fingerprint density at radius 3 is 2.48 bits per heavy atom. The van der Waals surface area contributed by atoms with Crippen LogP contribution < -0.4 is 16.9 Å². The number of nitrogens with one attached hydrogen (secondary N) is 1. The van der Waals surface area contributed by atoms with E-state index < -0.39 is 5.91 Å². The van der Waals surface area contributed by atoms with E-state index in [9.17, 15) is 4.79 Å². The Morgan fingerprint density at radius 1 is 1.13 bits per heavy atom. The van der Waals surface area contributed by atoms with Crippen molar-refractivity contribution >= 4 is 47.0 Å². The van der Waals surface area contributed by atoms with Gasteiger partial charge in [-0.25, -0.2) is 24.3 Å². The molecule has 1 aromatic carbocycles. The van der Waals surface area contributed by atoms with E-state index in [-0.39, 0.29) is 41.2 Å². The molecule has 31 heavy (non-hydrogen) atoms. The number of aromatic nitrogens is 7. The van der Waals surface area contributed by atoms with Gasteiger partial charge in [0.15, 0.2) is 28.8 Å². The number of halogens is 2. The summed E-state index contributed by atoms with van der Waals surface area (Å²) >= 11 is 11.9. The lowest BCUT2D eigenvalue weighted by molar-refractivity contribution is -0.121. The van der Waals surface area contributed by atoms with Crippen LogP contribution in [0.3, 0.4) is 0 Å². The summed E-state index contributed by atoms with van der Waals surface area (Å²) in [5.41, 5.74) is 14.5. The van der Waals surface area contributed by atoms with Gasteiger partial charge in [-0.3, -0.25) is 4.79 Å². The van der Waals surface area contributed by atoms with Gasteiger partial charge in [-0.1, -0.05) is 29.3 Å². The second kappa shape index (κ2) is 8.37. The van der Waals surface area contributed by atoms with E-state index in [0.717, 1.165) is 0 Å². The monoisotopic (exact) mass is 463 g/mol. The minimum absolute atomic E-state index is 0.0281. The Labute approximate surface area is 182 Å². The van der Waals surface area contributed by atoms with E-state index >= 15 is 0 Å². The fourth-order valence-corrected chi connectivity index (χ4v) is 2.84. The van der Waals surface area contributed by atoms with Crippen LogP contribution in [0.25, 0.3) is 23.0 Å². The molecule has 0 aliphatic rings. The largest absolute Gasteiger partial charge is 0.379 e. The third-order valence-electron chi connectivity index (χ3n) is 3.77. The third kappa shape index (κ3) is 4.29. The summed E-state index contributed by atoms with van der Waals surface area (Å²) in [4.78, 5) is 16.6. The Kier molecular flexibility index (Phi) is 5.46. The van der Waals surface area contributed by atoms with Crippen molar-refractivity contribution < 1.29 is 14.1 Å². The molecule has 3 heterocycles. The van der Waals surface area contributed by atoms with E-state index in [1.54, 1.807) is 18.2 Å². The average molecular weight is 464 g/mol. The summed E-state index contributed by atoms with van der Waals surface area (Å²) in [6.07, 6.45) is 1.37. The molecule has 1 amide bonds. The van der Waals surface area contributed by atoms with Crippen LogP contribution in [0.15, 0.2) is 32.6 Å². The molecule has 0 fully saturated rings. The van der Waals surface area contributed by atoms with Crippen LogP contribution >= 0.6 is 23.2 Å². The molecule has 4 rings (SSSR count). The Bertz CT molecular complexity index is 1280. The Balaban J connectivity index is 1.56. The number of carbonyl (C=O) groups is 1. The molecule has 3 aromatic heterocycles. The SMILES string of the molecule is Nc1nonc1-c1nc(-c2nonc2N)n(CC(=O)NN=Cc2ccc(Cl)cc2Cl)n1. The highest BCUT2D eigenvalue weighted by Crippen LogP contribution is 2.25. The standard InChI is InChI=1S/C15H11Cl2N11O3/c16-7-2-1-6(8(17)3-7)4-20-22-9(29)5-28-15(11-13(19)27-31-25-11)21-14(23-28)10-12(18)26-30-24-10/h1-4H,5H2,(H2,18,26)(H2,19,27)(H,22,29). The zero-order valence-corrected chi connectivity index (χ0v) is 16.7. The number of hydrazone groups is 1. The first kappa shape index (κ1) is 20.2. The Hall–Kier alpha value is -4.04. The number of anilines is 2. The first-order chi connectivity index (χ1) is 14.9. The molecule has 0 atom stereocenters. The molecule has 0 unspecified atom stereocenters. The van der Waals surface area contributed by atoms with Crippen LogP contribution in [-0.4, -0.2) is 47.5 Å². The highest BCUT2D eigenvalue weighted by molar-refractivity contribution is 6.36. The maximum atomic E-state index is 12.4. The molecule has 0 saturated heterocycles. The van der Waals surface area contributed by atoms with Crippen molar-refractivity contribution in [2.24, 2.45) is 5.10 Å². The second-order valence-electron chi connectivity index (χ2n) is 5.87. The topological polar surface area (TPSA) is 202 Å². The van der Waals surface area contributed by atoms with E-state index in [2.05, 4.69) is 50.5 Å². The molecule has 16 heteroatoms. The van der Waals surface area contributed by atoms with Gasteiger partial charge in [-0.15, -0.1) is 5.10 Å². The first-order valence-electron chi connectivity index (χ1n) is 8.31. The summed E-state index contributed by atoms with van der Waals surface area (Å²) < 4.78 is 10.3. The van der Waals surface area contributed by atoms with Gasteiger partial charge in [0.05, 0.1) is 11.2 Å². The van der Waals surface area contributed by atoms with Crippen molar-refractivity contribution in [2.75, 3.05) is 11.5 Å². The van der Waals surface area contributed by atoms with Crippen molar-refractivity contribution in [3.8, 4) is 23.0 Å². The summed E-state index contributed by atoms with van der Waals surface area (Å²) in [6, 6.07) is 4.84. The highest BCUT2D eigenvalue weighted by Gasteiger charge is 2.24. The number of hydrogen-bond acceptors (Lipinski definition) is 12. The lowest BCUT2D eigenvalue weighted by Crippen LogP contribution is -2.24. The van der Waals surface area contributed by atoms with Crippen molar-refractivity contribution in [3.05, 3.63) is 33.8 Å². The molecule has 14 nitrogen and oxygen atoms in total. The maximum absolute atomic E-state index is 12.4. The van der Waals surface area contributed by atoms with Gasteiger partial charge in [0, 0.05) is 10.6 Å². The van der Waals surface area contributed by atoms with Gasteiger partial charge >= 0.3 is 0 Å². The molecule has 4 aromatic rings. The zero-order valence-electron chi connectivity index (χ0n) is 15.2. The number of hydrogen-bond donors (Lipinski definition) is 3. The summed E-state index contributed by atoms with van der Waals surface area (Å²) in [5.74, 6) is -0.525. The van der Waals surface area contributed by atoms with Crippen molar-refractivity contribution in [1.82, 2.24) is 40.8 Å². The van der Waals surface area contributed by atoms with Gasteiger partial charge in [0.1, 0.15) is 6.54 Å². The third-order valence-corrected chi connectivity index (χ3v) is 4.33. The summed E-state index contributed by atoms with van der Waals surface area (Å²) in [7, 11) is 0. The average Bonchev–Trinajstić information content (AvgIpc) is 3.43. The van der Waals surface area contributed by atoms with Crippen LogP contribution in [0.1, 0.15) is 5.56 Å². The number of nitrogens with zero attached hydrogens (tertiary/aromatic N) is 8. The zero-order chi connectivity index (χ0) is 22.0. The first-order valence-corrected chi connectivity index (χ1v) is 9.06. The van der Waals surface area contributed by atoms with Gasteiger partial charge in [0.25, 0.3) is 5.91 Å². The van der Waals surface area contributed by atoms with E-state index in [1.807, 2.05) is 0 Å². The van der Waals surface area contributed by atoms with Crippen molar-refractivity contribution in [1.29, 1.82) is 0 Å². The number of carbonyl (C=O) groups excluding carboxylic acids is 1. The molecule has 0 radical (unpaired) electrons. The Morgan fingerprint density at radius 2 is 1.84 bits per heavy atom. The van der Waals surface area contributed by atoms with Crippen LogP contribution in [-0.2, 0) is 11.3 Å². The van der Waals surface area contributed by atoms with E-state index in [1.165, 1.54) is 10.9 Å². The smallest absolute Gasteiger partial charge is 0.261 e. The van der Waals surface area contributed by atoms with Gasteiger partial charge < -0.3 is 11.5 Å². The minimum atomic E-state index is -0.541. The number of nitrogens with two attached hydrogens (primary N) is 2. The fourth-order valence-electron chi connectivity index (χ4n) is 2.38. The number of benzene rings is 1. The quantitative estimate of drug-likeness (QED) is 0.271. The van der Waals surface area contributed by atoms with Gasteiger partial charge in [-0.05, 0) is 32.8 Å². The number of amides is 1. The van der Waals surface area contributed by atoms with Crippen LogP contribution in [0, 0.1) is 0 Å². The normalized spacial score (nSPS) is 11.3. The minimum Gasteiger partial charge on any atom is -0.379 e. The molecule has 0 saturated carbocycles. The molecular weight excluding hydrogens is 453 g/mol. The predicted octanol–water partition coefficient (Wildman–Crippen LogP) is 1.000. The summed E-state index contributed by atoms with van der Waals surface area (Å²) in [5, 5.41) is 23.2. The molecule has 0 bridgehead atoms. The molecular formula is C15H11Cl2N11O3. The number of nitrogen functional groups attached to an aromatic ring is 2. The van der Waals surface area contributed by atoms with Gasteiger partial charge in [-0.2, -0.15) is 5.10 Å². The molecule has 5 N–H and O–H groups in total. The molecule has 158 valence electrons. The lowest BCUT2D eigenvalue weighted by Gasteiger charge is -2.03. The summed E-state index contributed by atoms with van der Waals surface area (Å²) in [6.45, 7) is -0.314. The lowest BCUT2D eigenvalue weighted by atomic mass is 10.2. The molecule has 0 aliphatic carbocycles. The number of rotatable bonds is 6. The van der Waals surface area contributed by atoms with Gasteiger partial charge in [0.2, 0.25) is 5.82 Å². The highest BCUT2D eigenvalue weighted by atomic mass is 35.5. The molecule has 0 spiro atoms. The van der Waals surface area contributed by atoms with Crippen LogP contribution in [0.2, 0.25) is 10.0 Å². The van der Waals surface area contributed by atoms with Crippen molar-refractivity contribution in [3.63, 3.8) is 0 Å². The van der Waals surface area contributed by atoms with E-state index in [4.69, 9.17) is 34.7 Å². The van der Waals surface area contributed by atoms with Crippen LogP contribution in [0.4, 0.5) is 11.6 Å². The van der Waals surface area contributed by atoms with Crippen molar-refractivity contribution in [2.45, 2.75) is 6.54 Å². The second-order valence-corrected chi connectivity index (χ2v) is 6.72. The van der Waals surface area contributed by atoms with E-state index in [0.29, 0.717) is 15.6 Å². The predicted molar refractivity (Wildman–Crippen MR) is 108 cm³/mol. The fraction of sp³-hybridized carbons (Fsp3) is 0.0667. The maximum Gasteiger partial charge on any atom is 0.261 e.